The number of hydrogen-bond acceptors (Lipinski definition) is 6. The van der Waals surface area contributed by atoms with Gasteiger partial charge >= 0.3 is 6.01 Å². The SMILES string of the molecule is Cc1cc(C(=O)N2CCCC(Oc3ncc(F)cn3)C2)no1. The Morgan fingerprint density at radius 3 is 2.91 bits per heavy atom. The van der Waals surface area contributed by atoms with Crippen LogP contribution < -0.4 is 4.74 Å². The van der Waals surface area contributed by atoms with Crippen LogP contribution in [0.5, 0.6) is 6.01 Å². The van der Waals surface area contributed by atoms with Crippen molar-refractivity contribution in [1.82, 2.24) is 20.0 Å². The van der Waals surface area contributed by atoms with Gasteiger partial charge in [0, 0.05) is 12.6 Å². The Balaban J connectivity index is 1.63. The minimum atomic E-state index is -0.519. The number of piperidine rings is 1. The Kier molecular flexibility index (Phi) is 3.99. The molecule has 22 heavy (non-hydrogen) atoms. The van der Waals surface area contributed by atoms with Crippen LogP contribution in [0.4, 0.5) is 4.39 Å². The highest BCUT2D eigenvalue weighted by Gasteiger charge is 2.27. The van der Waals surface area contributed by atoms with Crippen LogP contribution in [0.1, 0.15) is 29.1 Å². The van der Waals surface area contributed by atoms with Gasteiger partial charge in [-0.2, -0.15) is 0 Å². The van der Waals surface area contributed by atoms with Crippen molar-refractivity contribution in [2.45, 2.75) is 25.9 Å². The summed E-state index contributed by atoms with van der Waals surface area (Å²) in [6.45, 7) is 2.78. The largest absolute Gasteiger partial charge is 0.458 e. The number of ether oxygens (including phenoxy) is 1. The van der Waals surface area contributed by atoms with Gasteiger partial charge in [0.05, 0.1) is 18.9 Å². The highest BCUT2D eigenvalue weighted by Crippen LogP contribution is 2.17. The van der Waals surface area contributed by atoms with Crippen LogP contribution in [-0.2, 0) is 0 Å². The third-order valence-electron chi connectivity index (χ3n) is 3.38. The average molecular weight is 306 g/mol. The van der Waals surface area contributed by atoms with E-state index in [-0.39, 0.29) is 23.7 Å². The molecule has 1 fully saturated rings. The fourth-order valence-electron chi connectivity index (χ4n) is 2.36. The molecule has 1 saturated heterocycles. The molecule has 0 aromatic carbocycles. The predicted octanol–water partition coefficient (Wildman–Crippen LogP) is 1.60. The minimum absolute atomic E-state index is 0.109. The van der Waals surface area contributed by atoms with E-state index in [9.17, 15) is 9.18 Å². The molecule has 1 aliphatic rings. The summed E-state index contributed by atoms with van der Waals surface area (Å²) in [5.41, 5.74) is 0.288. The number of likely N-dealkylation sites (tertiary alicyclic amines) is 1. The predicted molar refractivity (Wildman–Crippen MR) is 72.8 cm³/mol. The summed E-state index contributed by atoms with van der Waals surface area (Å²) in [5, 5.41) is 3.74. The van der Waals surface area contributed by atoms with Gasteiger partial charge in [-0.3, -0.25) is 4.79 Å². The molecule has 0 bridgehead atoms. The molecule has 1 atom stereocenters. The van der Waals surface area contributed by atoms with E-state index in [0.717, 1.165) is 25.2 Å². The molecule has 1 aliphatic heterocycles. The molecule has 2 aromatic rings. The van der Waals surface area contributed by atoms with Crippen molar-refractivity contribution in [3.05, 3.63) is 35.7 Å². The second-order valence-electron chi connectivity index (χ2n) is 5.14. The monoisotopic (exact) mass is 306 g/mol. The minimum Gasteiger partial charge on any atom is -0.458 e. The first kappa shape index (κ1) is 14.4. The van der Waals surface area contributed by atoms with Crippen molar-refractivity contribution in [1.29, 1.82) is 0 Å². The van der Waals surface area contributed by atoms with Gasteiger partial charge in [-0.05, 0) is 19.8 Å². The van der Waals surface area contributed by atoms with Crippen LogP contribution in [0.2, 0.25) is 0 Å². The number of nitrogens with zero attached hydrogens (tertiary/aromatic N) is 4. The number of carbonyl (C=O) groups is 1. The highest BCUT2D eigenvalue weighted by atomic mass is 19.1. The number of aryl methyl sites for hydroxylation is 1. The standard InChI is InChI=1S/C14H15FN4O3/c1-9-5-12(18-22-9)13(20)19-4-2-3-11(8-19)21-14-16-6-10(15)7-17-14/h5-7,11H,2-4,8H2,1H3. The van der Waals surface area contributed by atoms with Crippen LogP contribution in [0.15, 0.2) is 23.0 Å². The van der Waals surface area contributed by atoms with Crippen molar-refractivity contribution in [3.63, 3.8) is 0 Å². The Morgan fingerprint density at radius 2 is 2.23 bits per heavy atom. The number of rotatable bonds is 3. The van der Waals surface area contributed by atoms with Gasteiger partial charge in [0.2, 0.25) is 0 Å². The molecule has 0 radical (unpaired) electrons. The lowest BCUT2D eigenvalue weighted by Gasteiger charge is -2.31. The van der Waals surface area contributed by atoms with Crippen molar-refractivity contribution >= 4 is 5.91 Å². The number of amides is 1. The summed E-state index contributed by atoms with van der Waals surface area (Å²) >= 11 is 0. The molecule has 0 N–H and O–H groups in total. The average Bonchev–Trinajstić information content (AvgIpc) is 2.96. The molecule has 0 aliphatic carbocycles. The third kappa shape index (κ3) is 3.21. The number of hydrogen-bond donors (Lipinski definition) is 0. The second-order valence-corrected chi connectivity index (χ2v) is 5.14. The van der Waals surface area contributed by atoms with E-state index in [2.05, 4.69) is 15.1 Å². The molecule has 2 aromatic heterocycles. The number of aromatic nitrogens is 3. The molecule has 1 unspecified atom stereocenters. The van der Waals surface area contributed by atoms with Gasteiger partial charge in [0.15, 0.2) is 11.5 Å². The normalized spacial score (nSPS) is 18.3. The highest BCUT2D eigenvalue weighted by molar-refractivity contribution is 5.92. The zero-order chi connectivity index (χ0) is 15.5. The molecule has 3 heterocycles. The maximum atomic E-state index is 12.8. The van der Waals surface area contributed by atoms with Crippen molar-refractivity contribution < 1.29 is 18.4 Å². The summed E-state index contributed by atoms with van der Waals surface area (Å²) in [6.07, 6.45) is 3.45. The molecule has 7 nitrogen and oxygen atoms in total. The van der Waals surface area contributed by atoms with E-state index in [0.29, 0.717) is 18.8 Å². The van der Waals surface area contributed by atoms with Gasteiger partial charge < -0.3 is 14.2 Å². The third-order valence-corrected chi connectivity index (χ3v) is 3.38. The first-order chi connectivity index (χ1) is 10.6. The lowest BCUT2D eigenvalue weighted by Crippen LogP contribution is -2.44. The molecule has 116 valence electrons. The fraction of sp³-hybridized carbons (Fsp3) is 0.429. The summed E-state index contributed by atoms with van der Waals surface area (Å²) in [4.78, 5) is 21.5. The van der Waals surface area contributed by atoms with E-state index < -0.39 is 5.82 Å². The van der Waals surface area contributed by atoms with Crippen molar-refractivity contribution in [2.24, 2.45) is 0 Å². The van der Waals surface area contributed by atoms with Gasteiger partial charge in [-0.15, -0.1) is 0 Å². The van der Waals surface area contributed by atoms with Crippen LogP contribution >= 0.6 is 0 Å². The Labute approximate surface area is 126 Å². The topological polar surface area (TPSA) is 81.4 Å². The lowest BCUT2D eigenvalue weighted by atomic mass is 10.1. The van der Waals surface area contributed by atoms with E-state index in [4.69, 9.17) is 9.26 Å². The van der Waals surface area contributed by atoms with Crippen molar-refractivity contribution in [2.75, 3.05) is 13.1 Å². The summed E-state index contributed by atoms with van der Waals surface area (Å²) in [6, 6.07) is 1.72. The molecule has 1 amide bonds. The first-order valence-corrected chi connectivity index (χ1v) is 6.98. The van der Waals surface area contributed by atoms with Gasteiger partial charge in [0.1, 0.15) is 11.9 Å². The molecule has 0 spiro atoms. The second kappa shape index (κ2) is 6.08. The summed E-state index contributed by atoms with van der Waals surface area (Å²) < 4.78 is 23.3. The lowest BCUT2D eigenvalue weighted by molar-refractivity contribution is 0.0506. The maximum absolute atomic E-state index is 12.8. The van der Waals surface area contributed by atoms with E-state index in [1.165, 1.54) is 0 Å². The summed E-state index contributed by atoms with van der Waals surface area (Å²) in [7, 11) is 0. The fourth-order valence-corrected chi connectivity index (χ4v) is 2.36. The Bertz CT molecular complexity index is 658. The number of carbonyl (C=O) groups excluding carboxylic acids is 1. The zero-order valence-electron chi connectivity index (χ0n) is 12.0. The van der Waals surface area contributed by atoms with E-state index in [1.807, 2.05) is 0 Å². The van der Waals surface area contributed by atoms with Gasteiger partial charge in [-0.25, -0.2) is 14.4 Å². The summed E-state index contributed by atoms with van der Waals surface area (Å²) in [5.74, 6) is -0.118. The van der Waals surface area contributed by atoms with Gasteiger partial charge in [0.25, 0.3) is 5.91 Å². The molecule has 0 saturated carbocycles. The zero-order valence-corrected chi connectivity index (χ0v) is 12.0. The van der Waals surface area contributed by atoms with Crippen LogP contribution in [0.25, 0.3) is 0 Å². The smallest absolute Gasteiger partial charge is 0.316 e. The van der Waals surface area contributed by atoms with Crippen LogP contribution in [-0.4, -0.2) is 45.1 Å². The number of halogens is 1. The van der Waals surface area contributed by atoms with Gasteiger partial charge in [-0.1, -0.05) is 5.16 Å². The van der Waals surface area contributed by atoms with E-state index >= 15 is 0 Å². The Hall–Kier alpha value is -2.51. The van der Waals surface area contributed by atoms with Crippen LogP contribution in [0.3, 0.4) is 0 Å². The quantitative estimate of drug-likeness (QED) is 0.856. The Morgan fingerprint density at radius 1 is 1.45 bits per heavy atom. The maximum Gasteiger partial charge on any atom is 0.316 e. The van der Waals surface area contributed by atoms with E-state index in [1.54, 1.807) is 17.9 Å². The first-order valence-electron chi connectivity index (χ1n) is 6.98. The molecular formula is C14H15FN4O3. The molecular weight excluding hydrogens is 291 g/mol. The van der Waals surface area contributed by atoms with Crippen LogP contribution in [0, 0.1) is 12.7 Å². The van der Waals surface area contributed by atoms with Crippen molar-refractivity contribution in [3.8, 4) is 6.01 Å². The molecule has 8 heteroatoms. The molecule has 3 rings (SSSR count).